The first kappa shape index (κ1) is 16.8. The first-order valence-electron chi connectivity index (χ1n) is 4.30. The minimum Gasteiger partial charge on any atom is -1.00 e. The molecule has 0 saturated heterocycles. The number of hydrogen-bond donors (Lipinski definition) is 0. The van der Waals surface area contributed by atoms with Gasteiger partial charge in [0.15, 0.2) is 5.67 Å². The van der Waals surface area contributed by atoms with Crippen LogP contribution in [0.25, 0.3) is 0 Å². The number of nitrogens with zero attached hydrogens (tertiary/aromatic N) is 1. The van der Waals surface area contributed by atoms with Crippen LogP contribution in [-0.2, 0) is 13.3 Å². The van der Waals surface area contributed by atoms with Crippen molar-refractivity contribution in [1.29, 1.82) is 0 Å². The van der Waals surface area contributed by atoms with Crippen LogP contribution in [0.3, 0.4) is 0 Å². The minimum atomic E-state index is -2.48. The molecule has 1 unspecified atom stereocenters. The summed E-state index contributed by atoms with van der Waals surface area (Å²) in [5.74, 6) is 0. The topological polar surface area (TPSA) is 27.7 Å². The molecule has 0 aromatic heterocycles. The fourth-order valence-electron chi connectivity index (χ4n) is 1.24. The lowest BCUT2D eigenvalue weighted by Crippen LogP contribution is -3.00. The maximum atomic E-state index is 5.40. The van der Waals surface area contributed by atoms with Crippen LogP contribution < -0.4 is 12.4 Å². The average Bonchev–Trinajstić information content (AvgIpc) is 2.07. The van der Waals surface area contributed by atoms with E-state index < -0.39 is 8.80 Å². The zero-order valence-corrected chi connectivity index (χ0v) is 11.9. The summed E-state index contributed by atoms with van der Waals surface area (Å²) in [4.78, 5) is 0. The van der Waals surface area contributed by atoms with Crippen molar-refractivity contribution in [3.63, 3.8) is 0 Å². The molecule has 0 aliphatic heterocycles. The van der Waals surface area contributed by atoms with Crippen molar-refractivity contribution in [2.24, 2.45) is 0 Å². The molecule has 0 rings (SSSR count). The van der Waals surface area contributed by atoms with Gasteiger partial charge < -0.3 is 30.2 Å². The summed E-state index contributed by atoms with van der Waals surface area (Å²) in [6.07, 6.45) is 0. The van der Waals surface area contributed by atoms with Crippen LogP contribution in [-0.4, -0.2) is 61.4 Å². The normalized spacial score (nSPS) is 14.8. The molecule has 1 atom stereocenters. The van der Waals surface area contributed by atoms with Crippen molar-refractivity contribution in [3.8, 4) is 0 Å². The Hall–Kier alpha value is 0.347. The van der Waals surface area contributed by atoms with Crippen molar-refractivity contribution in [3.05, 3.63) is 0 Å². The van der Waals surface area contributed by atoms with Crippen LogP contribution in [0.1, 0.15) is 6.92 Å². The van der Waals surface area contributed by atoms with E-state index in [0.717, 1.165) is 4.48 Å². The largest absolute Gasteiger partial charge is 1.00 e. The summed E-state index contributed by atoms with van der Waals surface area (Å²) in [7, 11) is 8.75. The molecule has 0 N–H and O–H groups in total. The zero-order valence-electron chi connectivity index (χ0n) is 10.1. The highest BCUT2D eigenvalue weighted by atomic mass is 35.5. The average molecular weight is 244 g/mol. The molecule has 0 aliphatic rings. The first-order valence-corrected chi connectivity index (χ1v) is 6.11. The Kier molecular flexibility index (Phi) is 7.24. The van der Waals surface area contributed by atoms with Crippen molar-refractivity contribution < 1.29 is 30.2 Å². The number of quaternary nitrogens is 1. The van der Waals surface area contributed by atoms with Crippen LogP contribution in [0.15, 0.2) is 0 Å². The van der Waals surface area contributed by atoms with E-state index in [1.54, 1.807) is 21.3 Å². The highest BCUT2D eigenvalue weighted by molar-refractivity contribution is 6.61. The number of halogens is 1. The molecule has 0 aliphatic carbocycles. The highest BCUT2D eigenvalue weighted by Crippen LogP contribution is 2.18. The fraction of sp³-hybridized carbons (Fsp3) is 1.00. The van der Waals surface area contributed by atoms with Gasteiger partial charge in [0.2, 0.25) is 0 Å². The maximum Gasteiger partial charge on any atom is 0.561 e. The first-order chi connectivity index (χ1) is 5.84. The Morgan fingerprint density at radius 3 is 1.29 bits per heavy atom. The third-order valence-electron chi connectivity index (χ3n) is 2.53. The molecule has 6 heteroatoms. The predicted octanol–water partition coefficient (Wildman–Crippen LogP) is -2.50. The smallest absolute Gasteiger partial charge is 0.561 e. The van der Waals surface area contributed by atoms with Crippen molar-refractivity contribution >= 4 is 8.80 Å². The maximum absolute atomic E-state index is 5.40. The predicted molar refractivity (Wildman–Crippen MR) is 54.3 cm³/mol. The quantitative estimate of drug-likeness (QED) is 0.395. The van der Waals surface area contributed by atoms with Gasteiger partial charge in [0.25, 0.3) is 0 Å². The monoisotopic (exact) mass is 243 g/mol. The Bertz CT molecular complexity index is 151. The Morgan fingerprint density at radius 1 is 0.929 bits per heavy atom. The second-order valence-electron chi connectivity index (χ2n) is 4.01. The minimum absolute atomic E-state index is 0. The summed E-state index contributed by atoms with van der Waals surface area (Å²) < 4.78 is 17.0. The van der Waals surface area contributed by atoms with Crippen LogP contribution in [0.4, 0.5) is 0 Å². The van der Waals surface area contributed by atoms with Crippen LogP contribution >= 0.6 is 0 Å². The second kappa shape index (κ2) is 6.04. The zero-order chi connectivity index (χ0) is 10.7. The van der Waals surface area contributed by atoms with Gasteiger partial charge >= 0.3 is 8.80 Å². The summed E-state index contributed by atoms with van der Waals surface area (Å²) >= 11 is 0. The molecule has 0 aromatic carbocycles. The number of hydrogen-bond acceptors (Lipinski definition) is 3. The van der Waals surface area contributed by atoms with Gasteiger partial charge in [-0.15, -0.1) is 0 Å². The van der Waals surface area contributed by atoms with E-state index in [9.17, 15) is 0 Å². The second-order valence-corrected chi connectivity index (χ2v) is 7.28. The van der Waals surface area contributed by atoms with Crippen LogP contribution in [0, 0.1) is 0 Å². The van der Waals surface area contributed by atoms with Crippen LogP contribution in [0.5, 0.6) is 0 Å². The third kappa shape index (κ3) is 3.49. The molecular formula is C8H22ClNO3Si. The molecule has 0 bridgehead atoms. The van der Waals surface area contributed by atoms with E-state index in [1.165, 1.54) is 0 Å². The van der Waals surface area contributed by atoms with E-state index >= 15 is 0 Å². The molecule has 0 spiro atoms. The van der Waals surface area contributed by atoms with Gasteiger partial charge in [0.1, 0.15) is 0 Å². The number of rotatable bonds is 5. The van der Waals surface area contributed by atoms with Gasteiger partial charge in [-0.05, 0) is 6.92 Å². The van der Waals surface area contributed by atoms with E-state index in [0.29, 0.717) is 0 Å². The molecule has 0 saturated carbocycles. The molecule has 14 heavy (non-hydrogen) atoms. The molecule has 0 fully saturated rings. The lowest BCUT2D eigenvalue weighted by Gasteiger charge is -2.39. The van der Waals surface area contributed by atoms with E-state index in [4.69, 9.17) is 13.3 Å². The Labute approximate surface area is 94.5 Å². The molecule has 88 valence electrons. The molecule has 0 aromatic rings. The van der Waals surface area contributed by atoms with Crippen molar-refractivity contribution in [2.75, 3.05) is 42.5 Å². The lowest BCUT2D eigenvalue weighted by molar-refractivity contribution is -0.884. The van der Waals surface area contributed by atoms with E-state index in [-0.39, 0.29) is 18.1 Å². The standard InChI is InChI=1S/C8H22NO3Si.ClH/c1-8(9(2,3)4)13(10-5,11-6)12-7;/h8H,1-7H3;1H/q+1;/p-1. The van der Waals surface area contributed by atoms with Gasteiger partial charge in [-0.25, -0.2) is 0 Å². The fourth-order valence-corrected chi connectivity index (χ4v) is 3.71. The van der Waals surface area contributed by atoms with Crippen molar-refractivity contribution in [1.82, 2.24) is 0 Å². The Morgan fingerprint density at radius 2 is 1.21 bits per heavy atom. The molecule has 0 amide bonds. The highest BCUT2D eigenvalue weighted by Gasteiger charge is 2.52. The van der Waals surface area contributed by atoms with Gasteiger partial charge in [-0.2, -0.15) is 0 Å². The van der Waals surface area contributed by atoms with Crippen molar-refractivity contribution in [2.45, 2.75) is 12.6 Å². The SMILES string of the molecule is CO[Si](OC)(OC)C(C)[N+](C)(C)C.[Cl-]. The van der Waals surface area contributed by atoms with Gasteiger partial charge in [-0.3, -0.25) is 0 Å². The third-order valence-corrected chi connectivity index (χ3v) is 6.03. The molecular weight excluding hydrogens is 222 g/mol. The summed E-state index contributed by atoms with van der Waals surface area (Å²) in [5, 5.41) is 0. The van der Waals surface area contributed by atoms with Gasteiger partial charge in [0.05, 0.1) is 21.1 Å². The van der Waals surface area contributed by atoms with E-state index in [1.807, 2.05) is 0 Å². The van der Waals surface area contributed by atoms with Crippen LogP contribution in [0.2, 0.25) is 0 Å². The lowest BCUT2D eigenvalue weighted by atomic mass is 10.6. The molecule has 0 heterocycles. The Balaban J connectivity index is 0. The van der Waals surface area contributed by atoms with Gasteiger partial charge in [0, 0.05) is 21.3 Å². The summed E-state index contributed by atoms with van der Waals surface area (Å²) in [6, 6.07) is 0. The summed E-state index contributed by atoms with van der Waals surface area (Å²) in [5.41, 5.74) is 0.215. The summed E-state index contributed by atoms with van der Waals surface area (Å²) in [6.45, 7) is 2.09. The molecule has 0 radical (unpaired) electrons. The van der Waals surface area contributed by atoms with Gasteiger partial charge in [-0.1, -0.05) is 0 Å². The molecule has 4 nitrogen and oxygen atoms in total. The van der Waals surface area contributed by atoms with E-state index in [2.05, 4.69) is 28.1 Å².